The van der Waals surface area contributed by atoms with Crippen LogP contribution in [-0.2, 0) is 38.3 Å². The number of esters is 1. The van der Waals surface area contributed by atoms with Crippen molar-refractivity contribution in [3.8, 4) is 0 Å². The molecule has 4 N–H and O–H groups in total. The zero-order valence-electron chi connectivity index (χ0n) is 41.2. The molecule has 0 bridgehead atoms. The Bertz CT molecular complexity index is 1530. The van der Waals surface area contributed by atoms with Gasteiger partial charge < -0.3 is 34.3 Å². The highest BCUT2D eigenvalue weighted by atomic mass is 32.3. The van der Waals surface area contributed by atoms with Gasteiger partial charge in [0.1, 0.15) is 30.5 Å². The van der Waals surface area contributed by atoms with Gasteiger partial charge in [-0.3, -0.25) is 9.35 Å². The number of hydrogen-bond donors (Lipinski definition) is 4. The topological polar surface area (TPSA) is 178 Å². The van der Waals surface area contributed by atoms with Gasteiger partial charge in [0.2, 0.25) is 0 Å². The first-order chi connectivity index (χ1) is 32.6. The van der Waals surface area contributed by atoms with Gasteiger partial charge in [0.25, 0.3) is 0 Å². The van der Waals surface area contributed by atoms with E-state index >= 15 is 0 Å². The molecule has 1 aliphatic rings. The van der Waals surface area contributed by atoms with E-state index in [2.05, 4.69) is 115 Å². The van der Waals surface area contributed by atoms with Crippen molar-refractivity contribution < 1.29 is 56.2 Å². The molecule has 384 valence electrons. The van der Waals surface area contributed by atoms with Gasteiger partial charge in [-0.2, -0.15) is 8.42 Å². The minimum atomic E-state index is -5.08. The molecule has 0 saturated carbocycles. The highest BCUT2D eigenvalue weighted by Gasteiger charge is 2.48. The van der Waals surface area contributed by atoms with Crippen LogP contribution in [-0.4, -0.2) is 97.5 Å². The highest BCUT2D eigenvalue weighted by Crippen LogP contribution is 2.26. The zero-order valence-corrected chi connectivity index (χ0v) is 42.0. The number of allylic oxidation sites excluding steroid dienone is 16. The normalized spacial score (nSPS) is 20.2. The molecule has 0 amide bonds. The van der Waals surface area contributed by atoms with Gasteiger partial charge in [0.15, 0.2) is 6.29 Å². The molecule has 6 unspecified atom stereocenters. The summed E-state index contributed by atoms with van der Waals surface area (Å²) in [7, 11) is -5.08. The first kappa shape index (κ1) is 62.0. The molecule has 0 aromatic heterocycles. The van der Waals surface area contributed by atoms with Gasteiger partial charge in [-0.15, -0.1) is 0 Å². The van der Waals surface area contributed by atoms with E-state index in [9.17, 15) is 33.1 Å². The summed E-state index contributed by atoms with van der Waals surface area (Å²) in [6.07, 6.45) is 51.5. The monoisotopic (exact) mass is 963 g/mol. The molecule has 1 saturated heterocycles. The Morgan fingerprint density at radius 3 is 1.51 bits per heavy atom. The lowest BCUT2D eigenvalue weighted by atomic mass is 9.99. The molecule has 0 aromatic rings. The molecule has 12 nitrogen and oxygen atoms in total. The fourth-order valence-corrected chi connectivity index (χ4v) is 7.63. The molecule has 1 rings (SSSR count). The fourth-order valence-electron chi connectivity index (χ4n) is 7.12. The summed E-state index contributed by atoms with van der Waals surface area (Å²) in [5.41, 5.74) is 0. The van der Waals surface area contributed by atoms with Crippen molar-refractivity contribution in [1.29, 1.82) is 0 Å². The van der Waals surface area contributed by atoms with E-state index in [1.165, 1.54) is 25.7 Å². The minimum absolute atomic E-state index is 0.0104. The second kappa shape index (κ2) is 44.2. The maximum absolute atomic E-state index is 12.9. The van der Waals surface area contributed by atoms with E-state index in [1.54, 1.807) is 0 Å². The molecule has 1 aliphatic heterocycles. The minimum Gasteiger partial charge on any atom is -0.457 e. The van der Waals surface area contributed by atoms with Crippen LogP contribution in [0, 0.1) is 0 Å². The molecular formula is C54H90O12S. The predicted molar refractivity (Wildman–Crippen MR) is 271 cm³/mol. The van der Waals surface area contributed by atoms with Gasteiger partial charge in [-0.25, -0.2) is 4.18 Å². The summed E-state index contributed by atoms with van der Waals surface area (Å²) in [6, 6.07) is 0. The van der Waals surface area contributed by atoms with Crippen LogP contribution in [0.25, 0.3) is 0 Å². The lowest BCUT2D eigenvalue weighted by molar-refractivity contribution is -0.301. The Morgan fingerprint density at radius 2 is 1.03 bits per heavy atom. The van der Waals surface area contributed by atoms with Crippen LogP contribution in [0.2, 0.25) is 0 Å². The maximum atomic E-state index is 12.9. The van der Waals surface area contributed by atoms with Crippen molar-refractivity contribution in [2.45, 2.75) is 211 Å². The third-order valence-electron chi connectivity index (χ3n) is 10.9. The number of carbonyl (C=O) groups excluding carboxylic acids is 1. The lowest BCUT2D eigenvalue weighted by Gasteiger charge is -2.41. The van der Waals surface area contributed by atoms with E-state index in [1.807, 2.05) is 0 Å². The highest BCUT2D eigenvalue weighted by molar-refractivity contribution is 7.80. The number of unbranched alkanes of at least 4 members (excludes halogenated alkanes) is 14. The number of aliphatic hydroxyl groups excluding tert-OH is 3. The van der Waals surface area contributed by atoms with Crippen LogP contribution in [0.15, 0.2) is 97.2 Å². The molecule has 0 aromatic carbocycles. The maximum Gasteiger partial charge on any atom is 0.397 e. The molecule has 13 heteroatoms. The Labute approximate surface area is 406 Å². The third kappa shape index (κ3) is 37.6. The van der Waals surface area contributed by atoms with Crippen LogP contribution in [0.5, 0.6) is 0 Å². The van der Waals surface area contributed by atoms with E-state index < -0.39 is 59.8 Å². The SMILES string of the molecule is CC/C=C\C/C=C\C/C=C\C/C=C\C/C=C\C/C=C\CCCCCCCOCC(COC1OC(CO)C(O)C(OS(=O)(=O)O)C1O)OC(=O)CCCCCCC/C=C\C/C=C\CCCCCC. The number of aliphatic hydroxyl groups is 3. The van der Waals surface area contributed by atoms with E-state index in [-0.39, 0.29) is 19.6 Å². The third-order valence-corrected chi connectivity index (χ3v) is 11.4. The van der Waals surface area contributed by atoms with Crippen LogP contribution in [0.1, 0.15) is 174 Å². The number of hydrogen-bond acceptors (Lipinski definition) is 11. The molecule has 0 radical (unpaired) electrons. The van der Waals surface area contributed by atoms with Gasteiger partial charge >= 0.3 is 16.4 Å². The summed E-state index contributed by atoms with van der Waals surface area (Å²) < 4.78 is 59.2. The average Bonchev–Trinajstić information content (AvgIpc) is 3.30. The average molecular weight is 963 g/mol. The van der Waals surface area contributed by atoms with Crippen LogP contribution in [0.3, 0.4) is 0 Å². The quantitative estimate of drug-likeness (QED) is 0.0197. The summed E-state index contributed by atoms with van der Waals surface area (Å²) in [5, 5.41) is 30.7. The second-order valence-corrected chi connectivity index (χ2v) is 18.1. The first-order valence-electron chi connectivity index (χ1n) is 25.5. The Morgan fingerprint density at radius 1 is 0.582 bits per heavy atom. The lowest BCUT2D eigenvalue weighted by Crippen LogP contribution is -2.60. The van der Waals surface area contributed by atoms with E-state index in [4.69, 9.17) is 18.9 Å². The van der Waals surface area contributed by atoms with Crippen LogP contribution < -0.4 is 0 Å². The molecule has 1 heterocycles. The molecule has 0 spiro atoms. The molecular weight excluding hydrogens is 873 g/mol. The molecule has 0 aliphatic carbocycles. The Balaban J connectivity index is 2.40. The van der Waals surface area contributed by atoms with E-state index in [0.717, 1.165) is 122 Å². The van der Waals surface area contributed by atoms with Gasteiger partial charge in [0.05, 0.1) is 19.8 Å². The Hall–Kier alpha value is -2.98. The van der Waals surface area contributed by atoms with E-state index in [0.29, 0.717) is 13.0 Å². The van der Waals surface area contributed by atoms with Crippen molar-refractivity contribution in [1.82, 2.24) is 0 Å². The fraction of sp³-hybridized carbons (Fsp3) is 0.685. The molecule has 6 atom stereocenters. The van der Waals surface area contributed by atoms with Crippen molar-refractivity contribution in [3.63, 3.8) is 0 Å². The number of ether oxygens (including phenoxy) is 4. The summed E-state index contributed by atoms with van der Waals surface area (Å²) in [4.78, 5) is 12.9. The van der Waals surface area contributed by atoms with Gasteiger partial charge in [-0.05, 0) is 96.3 Å². The van der Waals surface area contributed by atoms with Crippen molar-refractivity contribution in [2.24, 2.45) is 0 Å². The summed E-state index contributed by atoms with van der Waals surface area (Å²) in [6.45, 7) is 3.78. The number of carbonyl (C=O) groups is 1. The van der Waals surface area contributed by atoms with Crippen LogP contribution in [0.4, 0.5) is 0 Å². The van der Waals surface area contributed by atoms with Crippen molar-refractivity contribution >= 4 is 16.4 Å². The number of rotatable bonds is 43. The molecule has 67 heavy (non-hydrogen) atoms. The van der Waals surface area contributed by atoms with Crippen LogP contribution >= 0.6 is 0 Å². The second-order valence-electron chi connectivity index (χ2n) is 17.0. The first-order valence-corrected chi connectivity index (χ1v) is 26.9. The van der Waals surface area contributed by atoms with Gasteiger partial charge in [-0.1, -0.05) is 169 Å². The summed E-state index contributed by atoms with van der Waals surface area (Å²) in [5.74, 6) is -0.424. The smallest absolute Gasteiger partial charge is 0.397 e. The van der Waals surface area contributed by atoms with Crippen molar-refractivity contribution in [2.75, 3.05) is 26.4 Å². The summed E-state index contributed by atoms with van der Waals surface area (Å²) >= 11 is 0. The Kier molecular flexibility index (Phi) is 41.0. The predicted octanol–water partition coefficient (Wildman–Crippen LogP) is 11.8. The molecule has 1 fully saturated rings. The van der Waals surface area contributed by atoms with Crippen molar-refractivity contribution in [3.05, 3.63) is 97.2 Å². The standard InChI is InChI=1S/C54H90O12S/c1-3-5-7-9-11-13-15-17-19-21-22-23-24-25-26-27-28-30-32-34-36-38-40-42-44-62-46-48(47-63-54-52(58)53(66-67(59,60)61)51(57)49(45-55)65-54)64-50(56)43-41-39-37-35-33-31-29-20-18-16-14-12-10-8-6-4-2/h5,7,11,13-14,16-17,19-20,22-23,25-26,28-30,48-49,51-55,57-58H,3-4,6,8-10,12,15,18,21,24,27,31-47H2,1-2H3,(H,59,60,61)/b7-5-,13-11-,16-14-,19-17-,23-22-,26-25-,29-20-,30-28-. The largest absolute Gasteiger partial charge is 0.457 e. The van der Waals surface area contributed by atoms with Gasteiger partial charge in [0, 0.05) is 13.0 Å². The zero-order chi connectivity index (χ0) is 48.9.